The van der Waals surface area contributed by atoms with Crippen molar-refractivity contribution >= 4 is 23.2 Å². The molecule has 0 saturated carbocycles. The maximum absolute atomic E-state index is 10.2. The van der Waals surface area contributed by atoms with E-state index < -0.39 is 43.6 Å². The van der Waals surface area contributed by atoms with Gasteiger partial charge in [0.1, 0.15) is 24.4 Å². The van der Waals surface area contributed by atoms with Crippen molar-refractivity contribution in [3.05, 3.63) is 69.7 Å². The fraction of sp³-hybridized carbons (Fsp3) is 0.400. The quantitative estimate of drug-likeness (QED) is 0.763. The predicted octanol–water partition coefficient (Wildman–Crippen LogP) is 3.24. The number of halogens is 2. The van der Waals surface area contributed by atoms with Gasteiger partial charge in [0, 0.05) is 21.2 Å². The molecule has 28 heavy (non-hydrogen) atoms. The van der Waals surface area contributed by atoms with Crippen LogP contribution in [0.3, 0.4) is 0 Å². The van der Waals surface area contributed by atoms with Crippen LogP contribution < -0.4 is 0 Å². The highest BCUT2D eigenvalue weighted by Crippen LogP contribution is 2.39. The van der Waals surface area contributed by atoms with E-state index in [0.717, 1.165) is 11.1 Å². The smallest absolute Gasteiger partial charge is 0.184 e. The molecular weight excluding hydrogens is 407 g/mol. The van der Waals surface area contributed by atoms with Crippen molar-refractivity contribution in [1.82, 2.24) is 0 Å². The van der Waals surface area contributed by atoms with Crippen LogP contribution in [0.5, 0.6) is 0 Å². The van der Waals surface area contributed by atoms with Crippen LogP contribution in [0.15, 0.2) is 48.5 Å². The first-order valence-corrected chi connectivity index (χ1v) is 9.68. The zero-order chi connectivity index (χ0) is 19.7. The number of hydrogen-bond acceptors (Lipinski definition) is 6. The minimum atomic E-state index is -1.11. The molecular formula is C20H20Cl2O6. The summed E-state index contributed by atoms with van der Waals surface area (Å²) in [4.78, 5) is 0. The molecule has 2 aliphatic rings. The summed E-state index contributed by atoms with van der Waals surface area (Å²) >= 11 is 11.9. The highest BCUT2D eigenvalue weighted by atomic mass is 35.5. The first kappa shape index (κ1) is 20.1. The van der Waals surface area contributed by atoms with Gasteiger partial charge in [0.2, 0.25) is 0 Å². The van der Waals surface area contributed by atoms with Gasteiger partial charge in [0.15, 0.2) is 12.6 Å². The summed E-state index contributed by atoms with van der Waals surface area (Å²) in [6.45, 7) is -0.185. The Morgan fingerprint density at radius 3 is 2.00 bits per heavy atom. The molecule has 2 fully saturated rings. The van der Waals surface area contributed by atoms with E-state index in [0.29, 0.717) is 10.0 Å². The van der Waals surface area contributed by atoms with Crippen LogP contribution in [-0.4, -0.2) is 47.8 Å². The van der Waals surface area contributed by atoms with E-state index in [1.165, 1.54) is 0 Å². The summed E-state index contributed by atoms with van der Waals surface area (Å²) in [6.07, 6.45) is -4.22. The second-order valence-electron chi connectivity index (χ2n) is 6.73. The lowest BCUT2D eigenvalue weighted by Crippen LogP contribution is -2.44. The molecule has 6 atom stereocenters. The molecule has 150 valence electrons. The molecule has 2 aromatic carbocycles. The Hall–Kier alpha value is -1.22. The molecule has 0 radical (unpaired) electrons. The van der Waals surface area contributed by atoms with E-state index in [1.54, 1.807) is 36.4 Å². The monoisotopic (exact) mass is 426 g/mol. The molecule has 8 heteroatoms. The highest BCUT2D eigenvalue weighted by molar-refractivity contribution is 6.30. The van der Waals surface area contributed by atoms with Gasteiger partial charge in [-0.15, -0.1) is 0 Å². The predicted molar refractivity (Wildman–Crippen MR) is 102 cm³/mol. The maximum Gasteiger partial charge on any atom is 0.184 e. The molecule has 4 rings (SSSR count). The Kier molecular flexibility index (Phi) is 6.20. The summed E-state index contributed by atoms with van der Waals surface area (Å²) in [5.41, 5.74) is 1.59. The number of hydrogen-bond donors (Lipinski definition) is 2. The number of aliphatic hydroxyl groups excluding tert-OH is 2. The normalized spacial score (nSPS) is 31.2. The molecule has 0 amide bonds. The SMILES string of the molecule is OC[C@H](O)[C@H]1OC(c2ccc(Cl)cc2)O[C@@H]1[C@H]1COC(c2ccc(Cl)cc2)O1. The van der Waals surface area contributed by atoms with Crippen LogP contribution in [0.25, 0.3) is 0 Å². The highest BCUT2D eigenvalue weighted by Gasteiger charge is 2.48. The minimum Gasteiger partial charge on any atom is -0.394 e. The second kappa shape index (κ2) is 8.65. The Morgan fingerprint density at radius 2 is 1.43 bits per heavy atom. The minimum absolute atomic E-state index is 0.267. The van der Waals surface area contributed by atoms with Crippen LogP contribution >= 0.6 is 23.2 Å². The first-order chi connectivity index (χ1) is 13.5. The van der Waals surface area contributed by atoms with Gasteiger partial charge in [-0.05, 0) is 24.3 Å². The Morgan fingerprint density at radius 1 is 0.857 bits per heavy atom. The molecule has 2 unspecified atom stereocenters. The Labute approximate surface area is 172 Å². The lowest BCUT2D eigenvalue weighted by molar-refractivity contribution is -0.107. The average Bonchev–Trinajstić information content (AvgIpc) is 3.36. The van der Waals surface area contributed by atoms with E-state index in [4.69, 9.17) is 42.1 Å². The van der Waals surface area contributed by atoms with Gasteiger partial charge in [-0.25, -0.2) is 0 Å². The molecule has 0 spiro atoms. The molecule has 2 heterocycles. The third-order valence-electron chi connectivity index (χ3n) is 4.81. The van der Waals surface area contributed by atoms with Crippen LogP contribution in [0, 0.1) is 0 Å². The van der Waals surface area contributed by atoms with Crippen LogP contribution in [-0.2, 0) is 18.9 Å². The topological polar surface area (TPSA) is 77.4 Å². The molecule has 0 bridgehead atoms. The summed E-state index contributed by atoms with van der Waals surface area (Å²) in [5, 5.41) is 20.9. The number of ether oxygens (including phenoxy) is 4. The van der Waals surface area contributed by atoms with Crippen LogP contribution in [0.2, 0.25) is 10.0 Å². The van der Waals surface area contributed by atoms with Crippen molar-refractivity contribution < 1.29 is 29.2 Å². The zero-order valence-corrected chi connectivity index (χ0v) is 16.3. The molecule has 6 nitrogen and oxygen atoms in total. The first-order valence-electron chi connectivity index (χ1n) is 8.93. The van der Waals surface area contributed by atoms with E-state index in [-0.39, 0.29) is 6.61 Å². The van der Waals surface area contributed by atoms with Crippen molar-refractivity contribution in [2.45, 2.75) is 37.0 Å². The van der Waals surface area contributed by atoms with Gasteiger partial charge < -0.3 is 29.2 Å². The van der Waals surface area contributed by atoms with Gasteiger partial charge in [0.25, 0.3) is 0 Å². The van der Waals surface area contributed by atoms with E-state index in [1.807, 2.05) is 12.1 Å². The fourth-order valence-corrected chi connectivity index (χ4v) is 3.60. The summed E-state index contributed by atoms with van der Waals surface area (Å²) in [6, 6.07) is 14.2. The van der Waals surface area contributed by atoms with Crippen LogP contribution in [0.1, 0.15) is 23.7 Å². The third kappa shape index (κ3) is 4.20. The number of aliphatic hydroxyl groups is 2. The molecule has 2 aromatic rings. The number of rotatable bonds is 5. The third-order valence-corrected chi connectivity index (χ3v) is 5.32. The van der Waals surface area contributed by atoms with Gasteiger partial charge in [-0.3, -0.25) is 0 Å². The largest absolute Gasteiger partial charge is 0.394 e. The van der Waals surface area contributed by atoms with Crippen molar-refractivity contribution in [1.29, 1.82) is 0 Å². The average molecular weight is 427 g/mol. The molecule has 2 N–H and O–H groups in total. The number of benzene rings is 2. The molecule has 0 aliphatic carbocycles. The van der Waals surface area contributed by atoms with Gasteiger partial charge in [-0.1, -0.05) is 47.5 Å². The van der Waals surface area contributed by atoms with Crippen molar-refractivity contribution in [3.8, 4) is 0 Å². The molecule has 2 saturated heterocycles. The Balaban J connectivity index is 1.49. The maximum atomic E-state index is 10.2. The molecule has 0 aromatic heterocycles. The Bertz CT molecular complexity index is 784. The van der Waals surface area contributed by atoms with Gasteiger partial charge >= 0.3 is 0 Å². The van der Waals surface area contributed by atoms with Crippen molar-refractivity contribution in [2.24, 2.45) is 0 Å². The summed E-state index contributed by atoms with van der Waals surface area (Å²) < 4.78 is 23.7. The van der Waals surface area contributed by atoms with Crippen molar-refractivity contribution in [3.63, 3.8) is 0 Å². The van der Waals surface area contributed by atoms with Gasteiger partial charge in [-0.2, -0.15) is 0 Å². The zero-order valence-electron chi connectivity index (χ0n) is 14.8. The summed E-state index contributed by atoms with van der Waals surface area (Å²) in [7, 11) is 0. The fourth-order valence-electron chi connectivity index (χ4n) is 3.35. The van der Waals surface area contributed by atoms with Gasteiger partial charge in [0.05, 0.1) is 13.2 Å². The lowest BCUT2D eigenvalue weighted by Gasteiger charge is -2.24. The second-order valence-corrected chi connectivity index (χ2v) is 7.60. The van der Waals surface area contributed by atoms with E-state index in [9.17, 15) is 10.2 Å². The molecule has 2 aliphatic heterocycles. The van der Waals surface area contributed by atoms with E-state index >= 15 is 0 Å². The summed E-state index contributed by atoms with van der Waals surface area (Å²) in [5.74, 6) is 0. The van der Waals surface area contributed by atoms with E-state index in [2.05, 4.69) is 0 Å². The standard InChI is InChI=1S/C20H20Cl2O6/c21-13-5-1-11(2-6-13)19-25-10-16(26-19)18-17(15(24)9-23)27-20(28-18)12-3-7-14(22)8-4-12/h1-8,15-20,23-24H,9-10H2/t15-,16+,17+,18+,19?,20?/m0/s1. The van der Waals surface area contributed by atoms with Crippen LogP contribution in [0.4, 0.5) is 0 Å². The lowest BCUT2D eigenvalue weighted by atomic mass is 10.0. The van der Waals surface area contributed by atoms with Crippen molar-refractivity contribution in [2.75, 3.05) is 13.2 Å².